The summed E-state index contributed by atoms with van der Waals surface area (Å²) in [4.78, 5) is 10.8. The number of carbonyl (C=O) groups is 1. The van der Waals surface area contributed by atoms with Crippen molar-refractivity contribution in [1.29, 1.82) is 0 Å². The van der Waals surface area contributed by atoms with Crippen molar-refractivity contribution in [2.75, 3.05) is 0 Å². The smallest absolute Gasteiger partial charge is 0.155 e. The topological polar surface area (TPSA) is 37.3 Å². The first-order valence-corrected chi connectivity index (χ1v) is 4.84. The van der Waals surface area contributed by atoms with E-state index in [0.29, 0.717) is 5.76 Å². The molecule has 0 aromatic heterocycles. The van der Waals surface area contributed by atoms with Crippen LogP contribution in [0.15, 0.2) is 47.3 Å². The lowest BCUT2D eigenvalue weighted by molar-refractivity contribution is -0.113. The van der Waals surface area contributed by atoms with Gasteiger partial charge in [-0.3, -0.25) is 4.79 Å². The van der Waals surface area contributed by atoms with E-state index in [4.69, 9.17) is 5.11 Å². The highest BCUT2D eigenvalue weighted by molar-refractivity contribution is 5.92. The Morgan fingerprint density at radius 1 is 1.00 bits per heavy atom. The molecule has 0 rings (SSSR count). The second-order valence-electron chi connectivity index (χ2n) is 3.42. The van der Waals surface area contributed by atoms with Crippen LogP contribution in [0, 0.1) is 0 Å². The summed E-state index contributed by atoms with van der Waals surface area (Å²) < 4.78 is 0. The fourth-order valence-electron chi connectivity index (χ4n) is 0.702. The van der Waals surface area contributed by atoms with Gasteiger partial charge < -0.3 is 5.11 Å². The molecule has 0 unspecified atom stereocenters. The summed E-state index contributed by atoms with van der Waals surface area (Å²) in [5.74, 6) is 0.390. The number of rotatable bonds is 4. The van der Waals surface area contributed by atoms with Crippen LogP contribution in [0.1, 0.15) is 27.7 Å². The Kier molecular flexibility index (Phi) is 6.11. The van der Waals surface area contributed by atoms with Crippen LogP contribution in [0.3, 0.4) is 0 Å². The molecule has 0 heterocycles. The summed E-state index contributed by atoms with van der Waals surface area (Å²) in [6, 6.07) is 0. The van der Waals surface area contributed by atoms with Crippen molar-refractivity contribution < 1.29 is 9.90 Å². The van der Waals surface area contributed by atoms with Crippen molar-refractivity contribution in [2.45, 2.75) is 27.7 Å². The molecule has 0 aliphatic heterocycles. The van der Waals surface area contributed by atoms with Gasteiger partial charge in [-0.2, -0.15) is 0 Å². The molecule has 0 saturated carbocycles. The standard InChI is InChI=1S/C13H18O2/c1-10(12(3)14)8-6-5-7-9-11(2)13(4)15/h5-9,14H,1-4H3/b7-5?,8-6?,11-9?,12-10-. The molecule has 15 heavy (non-hydrogen) atoms. The Morgan fingerprint density at radius 3 is 2.07 bits per heavy atom. The third kappa shape index (κ3) is 6.49. The van der Waals surface area contributed by atoms with Crippen molar-refractivity contribution in [1.82, 2.24) is 0 Å². The Labute approximate surface area is 91.3 Å². The van der Waals surface area contributed by atoms with Gasteiger partial charge >= 0.3 is 0 Å². The maximum absolute atomic E-state index is 10.8. The molecule has 1 N–H and O–H groups in total. The van der Waals surface area contributed by atoms with Gasteiger partial charge in [-0.05, 0) is 38.8 Å². The van der Waals surface area contributed by atoms with Crippen LogP contribution < -0.4 is 0 Å². The van der Waals surface area contributed by atoms with E-state index in [1.807, 2.05) is 25.2 Å². The molecule has 82 valence electrons. The highest BCUT2D eigenvalue weighted by atomic mass is 16.3. The lowest BCUT2D eigenvalue weighted by atomic mass is 10.2. The van der Waals surface area contributed by atoms with Crippen LogP contribution in [0.4, 0.5) is 0 Å². The Balaban J connectivity index is 4.30. The summed E-state index contributed by atoms with van der Waals surface area (Å²) in [7, 11) is 0. The monoisotopic (exact) mass is 206 g/mol. The zero-order valence-corrected chi connectivity index (χ0v) is 9.74. The van der Waals surface area contributed by atoms with Crippen molar-refractivity contribution in [3.63, 3.8) is 0 Å². The van der Waals surface area contributed by atoms with E-state index in [0.717, 1.165) is 11.1 Å². The summed E-state index contributed by atoms with van der Waals surface area (Å²) in [6.07, 6.45) is 9.01. The molecule has 2 heteroatoms. The maximum atomic E-state index is 10.8. The van der Waals surface area contributed by atoms with Crippen LogP contribution in [0.5, 0.6) is 0 Å². The number of hydrogen-bond donors (Lipinski definition) is 1. The number of aliphatic hydroxyl groups excluding tert-OH is 1. The largest absolute Gasteiger partial charge is 0.512 e. The Hall–Kier alpha value is -1.57. The number of aliphatic hydroxyl groups is 1. The fraction of sp³-hybridized carbons (Fsp3) is 0.308. The minimum absolute atomic E-state index is 0.0749. The number of Topliss-reactive ketones (excluding diaryl/α,β-unsaturated/α-hetero) is 1. The quantitative estimate of drug-likeness (QED) is 0.434. The third-order valence-electron chi connectivity index (χ3n) is 2.04. The molecule has 0 radical (unpaired) electrons. The van der Waals surface area contributed by atoms with Gasteiger partial charge in [0.15, 0.2) is 5.78 Å². The average Bonchev–Trinajstić information content (AvgIpc) is 2.16. The molecule has 0 amide bonds. The molecule has 0 spiro atoms. The van der Waals surface area contributed by atoms with E-state index in [9.17, 15) is 4.79 Å². The highest BCUT2D eigenvalue weighted by Gasteiger charge is 1.91. The lowest BCUT2D eigenvalue weighted by Gasteiger charge is -1.91. The fourth-order valence-corrected chi connectivity index (χ4v) is 0.702. The zero-order valence-electron chi connectivity index (χ0n) is 9.74. The molecule has 0 aliphatic rings. The van der Waals surface area contributed by atoms with Crippen molar-refractivity contribution >= 4 is 5.78 Å². The first-order valence-electron chi connectivity index (χ1n) is 4.84. The van der Waals surface area contributed by atoms with E-state index in [1.165, 1.54) is 6.92 Å². The molecule has 0 aliphatic carbocycles. The molecule has 0 bridgehead atoms. The van der Waals surface area contributed by atoms with E-state index in [-0.39, 0.29) is 5.78 Å². The second-order valence-corrected chi connectivity index (χ2v) is 3.42. The molecule has 0 aromatic carbocycles. The van der Waals surface area contributed by atoms with Crippen molar-refractivity contribution in [2.24, 2.45) is 0 Å². The number of ketones is 1. The zero-order chi connectivity index (χ0) is 11.8. The molecular weight excluding hydrogens is 188 g/mol. The molecule has 0 fully saturated rings. The SMILES string of the molecule is CC(=O)C(C)=CC=CC=C/C(C)=C(/C)O. The average molecular weight is 206 g/mol. The molecule has 0 aromatic rings. The summed E-state index contributed by atoms with van der Waals surface area (Å²) >= 11 is 0. The van der Waals surface area contributed by atoms with Gasteiger partial charge in [-0.25, -0.2) is 0 Å². The van der Waals surface area contributed by atoms with E-state index >= 15 is 0 Å². The second kappa shape index (κ2) is 6.82. The predicted molar refractivity (Wildman–Crippen MR) is 63.7 cm³/mol. The van der Waals surface area contributed by atoms with Crippen molar-refractivity contribution in [3.8, 4) is 0 Å². The Bertz CT molecular complexity index is 338. The van der Waals surface area contributed by atoms with E-state index < -0.39 is 0 Å². The van der Waals surface area contributed by atoms with Gasteiger partial charge in [-0.15, -0.1) is 0 Å². The van der Waals surface area contributed by atoms with Crippen LogP contribution in [-0.2, 0) is 4.79 Å². The van der Waals surface area contributed by atoms with Gasteiger partial charge in [0, 0.05) is 0 Å². The summed E-state index contributed by atoms with van der Waals surface area (Å²) in [5.41, 5.74) is 1.55. The van der Waals surface area contributed by atoms with E-state index in [1.54, 1.807) is 26.0 Å². The third-order valence-corrected chi connectivity index (χ3v) is 2.04. The van der Waals surface area contributed by atoms with Crippen LogP contribution >= 0.6 is 0 Å². The number of allylic oxidation sites excluding steroid dienone is 8. The summed E-state index contributed by atoms with van der Waals surface area (Å²) in [5, 5.41) is 9.09. The number of carbonyl (C=O) groups excluding carboxylic acids is 1. The predicted octanol–water partition coefficient (Wildman–Crippen LogP) is 3.49. The first-order chi connectivity index (χ1) is 6.95. The van der Waals surface area contributed by atoms with Crippen LogP contribution in [0.25, 0.3) is 0 Å². The van der Waals surface area contributed by atoms with E-state index in [2.05, 4.69) is 0 Å². The number of hydrogen-bond acceptors (Lipinski definition) is 2. The van der Waals surface area contributed by atoms with Crippen LogP contribution in [-0.4, -0.2) is 10.9 Å². The van der Waals surface area contributed by atoms with Crippen molar-refractivity contribution in [3.05, 3.63) is 47.3 Å². The van der Waals surface area contributed by atoms with Crippen LogP contribution in [0.2, 0.25) is 0 Å². The molecule has 0 atom stereocenters. The minimum Gasteiger partial charge on any atom is -0.512 e. The molecule has 0 saturated heterocycles. The van der Waals surface area contributed by atoms with Gasteiger partial charge in [0.1, 0.15) is 0 Å². The van der Waals surface area contributed by atoms with Gasteiger partial charge in [0.05, 0.1) is 5.76 Å². The Morgan fingerprint density at radius 2 is 1.60 bits per heavy atom. The normalized spacial score (nSPS) is 14.8. The van der Waals surface area contributed by atoms with Gasteiger partial charge in [-0.1, -0.05) is 30.4 Å². The van der Waals surface area contributed by atoms with Gasteiger partial charge in [0.2, 0.25) is 0 Å². The highest BCUT2D eigenvalue weighted by Crippen LogP contribution is 2.01. The van der Waals surface area contributed by atoms with Gasteiger partial charge in [0.25, 0.3) is 0 Å². The summed E-state index contributed by atoms with van der Waals surface area (Å²) in [6.45, 7) is 6.79. The molecular formula is C13H18O2. The molecule has 2 nitrogen and oxygen atoms in total. The first kappa shape index (κ1) is 13.4. The minimum atomic E-state index is 0.0749. The maximum Gasteiger partial charge on any atom is 0.155 e. The lowest BCUT2D eigenvalue weighted by Crippen LogP contribution is -1.89.